The quantitative estimate of drug-likeness (QED) is 0.710. The Morgan fingerprint density at radius 3 is 2.32 bits per heavy atom. The Hall–Kier alpha value is -3.31. The van der Waals surface area contributed by atoms with Gasteiger partial charge in [-0.05, 0) is 82.4 Å². The number of rotatable bonds is 6. The summed E-state index contributed by atoms with van der Waals surface area (Å²) in [5.74, 6) is 1.42. The number of benzene rings is 1. The number of amides is 2. The molecule has 2 saturated heterocycles. The van der Waals surface area contributed by atoms with Crippen molar-refractivity contribution < 1.29 is 14.3 Å². The Labute approximate surface area is 201 Å². The molecule has 1 N–H and O–H groups in total. The highest BCUT2D eigenvalue weighted by atomic mass is 16.5. The highest BCUT2D eigenvalue weighted by Crippen LogP contribution is 2.31. The van der Waals surface area contributed by atoms with Crippen LogP contribution in [0.25, 0.3) is 5.69 Å². The summed E-state index contributed by atoms with van der Waals surface area (Å²) in [7, 11) is 1.62. The number of hydrogen-bond acceptors (Lipinski definition) is 5. The van der Waals surface area contributed by atoms with Crippen molar-refractivity contribution in [1.29, 1.82) is 5.26 Å². The molecule has 8 heteroatoms. The number of piperidine rings is 1. The number of ether oxygens (including phenoxy) is 1. The molecule has 2 fully saturated rings. The van der Waals surface area contributed by atoms with Crippen LogP contribution in [0, 0.1) is 31.1 Å². The minimum absolute atomic E-state index is 0.0696. The molecule has 2 aromatic rings. The van der Waals surface area contributed by atoms with Crippen LogP contribution in [0.1, 0.15) is 42.5 Å². The molecule has 2 aliphatic rings. The molecule has 1 aromatic carbocycles. The smallest absolute Gasteiger partial charge is 0.239 e. The van der Waals surface area contributed by atoms with E-state index in [1.165, 1.54) is 0 Å². The fourth-order valence-corrected chi connectivity index (χ4v) is 5.02. The van der Waals surface area contributed by atoms with E-state index in [1.54, 1.807) is 7.11 Å². The van der Waals surface area contributed by atoms with Crippen molar-refractivity contribution in [2.45, 2.75) is 39.5 Å². The predicted molar refractivity (Wildman–Crippen MR) is 130 cm³/mol. The zero-order chi connectivity index (χ0) is 24.2. The number of nitrogens with one attached hydrogen (secondary N) is 1. The first-order valence-corrected chi connectivity index (χ1v) is 12.0. The predicted octanol–water partition coefficient (Wildman–Crippen LogP) is 3.25. The Balaban J connectivity index is 1.43. The van der Waals surface area contributed by atoms with Crippen LogP contribution in [-0.2, 0) is 9.59 Å². The third-order valence-corrected chi connectivity index (χ3v) is 7.14. The molecule has 0 saturated carbocycles. The summed E-state index contributed by atoms with van der Waals surface area (Å²) < 4.78 is 7.16. The molecule has 2 aliphatic heterocycles. The SMILES string of the molecule is COc1ccc(-n2c(C)c(C)c(C#N)c2NC(=O)CN2CCC(C(=O)N3CCCC3)CC2)cc1. The molecule has 2 amide bonds. The average Bonchev–Trinajstić information content (AvgIpc) is 3.46. The fourth-order valence-electron chi connectivity index (χ4n) is 5.02. The summed E-state index contributed by atoms with van der Waals surface area (Å²) in [5, 5.41) is 12.8. The number of aromatic nitrogens is 1. The second-order valence-corrected chi connectivity index (χ2v) is 9.21. The highest BCUT2D eigenvalue weighted by molar-refractivity contribution is 5.93. The van der Waals surface area contributed by atoms with Gasteiger partial charge in [-0.25, -0.2) is 0 Å². The van der Waals surface area contributed by atoms with Gasteiger partial charge < -0.3 is 15.0 Å². The first-order chi connectivity index (χ1) is 16.4. The molecule has 0 radical (unpaired) electrons. The largest absolute Gasteiger partial charge is 0.497 e. The number of likely N-dealkylation sites (tertiary alicyclic amines) is 2. The molecule has 4 rings (SSSR count). The van der Waals surface area contributed by atoms with Crippen LogP contribution in [-0.4, -0.2) is 66.0 Å². The van der Waals surface area contributed by atoms with Crippen LogP contribution in [0.15, 0.2) is 24.3 Å². The van der Waals surface area contributed by atoms with Gasteiger partial charge in [0, 0.05) is 30.4 Å². The Morgan fingerprint density at radius 2 is 1.74 bits per heavy atom. The summed E-state index contributed by atoms with van der Waals surface area (Å²) in [5.41, 5.74) is 3.06. The van der Waals surface area contributed by atoms with E-state index in [0.29, 0.717) is 11.4 Å². The van der Waals surface area contributed by atoms with Crippen LogP contribution in [0.5, 0.6) is 5.75 Å². The molecule has 0 aliphatic carbocycles. The zero-order valence-electron chi connectivity index (χ0n) is 20.3. The van der Waals surface area contributed by atoms with Crippen LogP contribution >= 0.6 is 0 Å². The van der Waals surface area contributed by atoms with Crippen molar-refractivity contribution >= 4 is 17.6 Å². The van der Waals surface area contributed by atoms with Crippen LogP contribution in [0.2, 0.25) is 0 Å². The Kier molecular flexibility index (Phi) is 7.23. The molecule has 0 bridgehead atoms. The summed E-state index contributed by atoms with van der Waals surface area (Å²) >= 11 is 0. The van der Waals surface area contributed by atoms with Gasteiger partial charge in [0.15, 0.2) is 0 Å². The van der Waals surface area contributed by atoms with Crippen molar-refractivity contribution in [2.75, 3.05) is 45.2 Å². The monoisotopic (exact) mass is 463 g/mol. The van der Waals surface area contributed by atoms with Crippen LogP contribution < -0.4 is 10.1 Å². The maximum Gasteiger partial charge on any atom is 0.239 e. The molecular weight excluding hydrogens is 430 g/mol. The number of methoxy groups -OCH3 is 1. The van der Waals surface area contributed by atoms with Gasteiger partial charge in [-0.3, -0.25) is 19.1 Å². The lowest BCUT2D eigenvalue weighted by Crippen LogP contribution is -2.44. The number of anilines is 1. The van der Waals surface area contributed by atoms with Crippen molar-refractivity contribution in [2.24, 2.45) is 5.92 Å². The third-order valence-electron chi connectivity index (χ3n) is 7.14. The first-order valence-electron chi connectivity index (χ1n) is 12.0. The Morgan fingerprint density at radius 1 is 1.09 bits per heavy atom. The number of carbonyl (C=O) groups excluding carboxylic acids is 2. The van der Waals surface area contributed by atoms with Crippen LogP contribution in [0.3, 0.4) is 0 Å². The zero-order valence-corrected chi connectivity index (χ0v) is 20.3. The molecule has 3 heterocycles. The van der Waals surface area contributed by atoms with Gasteiger partial charge in [-0.2, -0.15) is 5.26 Å². The summed E-state index contributed by atoms with van der Waals surface area (Å²) in [6.45, 7) is 7.29. The van der Waals surface area contributed by atoms with E-state index in [-0.39, 0.29) is 24.3 Å². The minimum Gasteiger partial charge on any atom is -0.497 e. The molecule has 0 atom stereocenters. The van der Waals surface area contributed by atoms with E-state index < -0.39 is 0 Å². The maximum atomic E-state index is 13.0. The van der Waals surface area contributed by atoms with E-state index in [4.69, 9.17) is 4.74 Å². The molecule has 34 heavy (non-hydrogen) atoms. The highest BCUT2D eigenvalue weighted by Gasteiger charge is 2.30. The van der Waals surface area contributed by atoms with Gasteiger partial charge in [0.2, 0.25) is 11.8 Å². The summed E-state index contributed by atoms with van der Waals surface area (Å²) in [4.78, 5) is 29.8. The lowest BCUT2D eigenvalue weighted by Gasteiger charge is -2.32. The van der Waals surface area contributed by atoms with Crippen molar-refractivity contribution in [1.82, 2.24) is 14.4 Å². The van der Waals surface area contributed by atoms with E-state index in [9.17, 15) is 14.9 Å². The maximum absolute atomic E-state index is 13.0. The standard InChI is InChI=1S/C26H33N5O3/c1-18-19(2)31(21-6-8-22(34-3)9-7-21)25(23(18)16-27)28-24(32)17-29-14-10-20(11-15-29)26(33)30-12-4-5-13-30/h6-9,20H,4-5,10-15,17H2,1-3H3,(H,28,32). The van der Waals surface area contributed by atoms with Crippen molar-refractivity contribution in [3.8, 4) is 17.5 Å². The number of nitriles is 1. The number of nitrogens with zero attached hydrogens (tertiary/aromatic N) is 4. The van der Waals surface area contributed by atoms with E-state index in [1.807, 2.05) is 47.6 Å². The minimum atomic E-state index is -0.159. The van der Waals surface area contributed by atoms with Gasteiger partial charge in [0.05, 0.1) is 19.2 Å². The summed E-state index contributed by atoms with van der Waals surface area (Å²) in [6.07, 6.45) is 3.78. The third kappa shape index (κ3) is 4.80. The molecule has 1 aromatic heterocycles. The van der Waals surface area contributed by atoms with Gasteiger partial charge >= 0.3 is 0 Å². The molecule has 180 valence electrons. The summed E-state index contributed by atoms with van der Waals surface area (Å²) in [6, 6.07) is 9.78. The van der Waals surface area contributed by atoms with E-state index >= 15 is 0 Å². The second-order valence-electron chi connectivity index (χ2n) is 9.21. The van der Waals surface area contributed by atoms with Crippen LogP contribution in [0.4, 0.5) is 5.82 Å². The lowest BCUT2D eigenvalue weighted by molar-refractivity contribution is -0.136. The average molecular weight is 464 g/mol. The molecule has 8 nitrogen and oxygen atoms in total. The van der Waals surface area contributed by atoms with Gasteiger partial charge in [-0.1, -0.05) is 0 Å². The molecule has 0 spiro atoms. The van der Waals surface area contributed by atoms with Gasteiger partial charge in [-0.15, -0.1) is 0 Å². The fraction of sp³-hybridized carbons (Fsp3) is 0.500. The molecular formula is C26H33N5O3. The van der Waals surface area contributed by atoms with Crippen molar-refractivity contribution in [3.63, 3.8) is 0 Å². The lowest BCUT2D eigenvalue weighted by atomic mass is 9.95. The topological polar surface area (TPSA) is 90.6 Å². The van der Waals surface area contributed by atoms with E-state index in [2.05, 4.69) is 16.3 Å². The van der Waals surface area contributed by atoms with Crippen molar-refractivity contribution in [3.05, 3.63) is 41.1 Å². The normalized spacial score (nSPS) is 16.9. The Bertz CT molecular complexity index is 1090. The van der Waals surface area contributed by atoms with Gasteiger partial charge in [0.1, 0.15) is 17.6 Å². The molecule has 0 unspecified atom stereocenters. The second kappa shape index (κ2) is 10.3. The number of hydrogen-bond donors (Lipinski definition) is 1. The van der Waals surface area contributed by atoms with E-state index in [0.717, 1.165) is 74.6 Å². The first kappa shape index (κ1) is 23.8. The number of carbonyl (C=O) groups is 2. The van der Waals surface area contributed by atoms with Gasteiger partial charge in [0.25, 0.3) is 0 Å².